The number of unbranched alkanes of at least 4 members (excludes halogenated alkanes) is 9. The van der Waals surface area contributed by atoms with Gasteiger partial charge in [-0.1, -0.05) is 84.5 Å². The molecular formula is C22H40O7. The molecule has 29 heavy (non-hydrogen) atoms. The Kier molecular flexibility index (Phi) is 14.8. The smallest absolute Gasteiger partial charge is 0.327 e. The molecule has 0 aromatic heterocycles. The minimum absolute atomic E-state index is 0.0297. The Morgan fingerprint density at radius 1 is 0.759 bits per heavy atom. The quantitative estimate of drug-likeness (QED) is 0.188. The van der Waals surface area contributed by atoms with Crippen LogP contribution >= 0.6 is 0 Å². The molecule has 0 aliphatic carbocycles. The van der Waals surface area contributed by atoms with E-state index in [4.69, 9.17) is 0 Å². The summed E-state index contributed by atoms with van der Waals surface area (Å²) in [5.74, 6) is -4.32. The number of aliphatic hydroxyl groups excluding tert-OH is 3. The third-order valence-electron chi connectivity index (χ3n) is 5.52. The van der Waals surface area contributed by atoms with Crippen molar-refractivity contribution in [1.82, 2.24) is 0 Å². The predicted molar refractivity (Wildman–Crippen MR) is 111 cm³/mol. The predicted octanol–water partition coefficient (Wildman–Crippen LogP) is 3.02. The van der Waals surface area contributed by atoms with Gasteiger partial charge < -0.3 is 20.4 Å². The molecule has 0 rings (SSSR count). The molecule has 7 heteroatoms. The molecule has 170 valence electrons. The summed E-state index contributed by atoms with van der Waals surface area (Å²) in [6, 6.07) is 0. The Hall–Kier alpha value is -1.31. The summed E-state index contributed by atoms with van der Waals surface area (Å²) in [7, 11) is 0. The molecule has 0 spiro atoms. The summed E-state index contributed by atoms with van der Waals surface area (Å²) in [6.45, 7) is 2.96. The van der Waals surface area contributed by atoms with Gasteiger partial charge in [-0.15, -0.1) is 0 Å². The first-order valence-corrected chi connectivity index (χ1v) is 11.1. The average Bonchev–Trinajstić information content (AvgIpc) is 2.70. The van der Waals surface area contributed by atoms with Crippen LogP contribution < -0.4 is 0 Å². The lowest BCUT2D eigenvalue weighted by Crippen LogP contribution is -2.58. The Morgan fingerprint density at radius 2 is 1.21 bits per heavy atom. The lowest BCUT2D eigenvalue weighted by Gasteiger charge is -2.32. The van der Waals surface area contributed by atoms with E-state index < -0.39 is 41.8 Å². The summed E-state index contributed by atoms with van der Waals surface area (Å²) in [5, 5.41) is 39.8. The number of rotatable bonds is 19. The van der Waals surface area contributed by atoms with Crippen LogP contribution in [0.15, 0.2) is 0 Å². The largest absolute Gasteiger partial charge is 0.480 e. The van der Waals surface area contributed by atoms with Gasteiger partial charge in [0.2, 0.25) is 5.41 Å². The van der Waals surface area contributed by atoms with Crippen molar-refractivity contribution in [2.24, 2.45) is 5.41 Å². The normalized spacial score (nSPS) is 15.5. The summed E-state index contributed by atoms with van der Waals surface area (Å²) in [5.41, 5.74) is -2.82. The Balaban J connectivity index is 5.15. The van der Waals surface area contributed by atoms with Gasteiger partial charge in [0.1, 0.15) is 12.7 Å². The topological polar surface area (TPSA) is 132 Å². The number of aliphatic hydroxyl groups is 3. The average molecular weight is 417 g/mol. The zero-order chi connectivity index (χ0) is 22.3. The highest BCUT2D eigenvalue weighted by atomic mass is 16.4. The van der Waals surface area contributed by atoms with Crippen LogP contribution in [0.2, 0.25) is 0 Å². The fourth-order valence-corrected chi connectivity index (χ4v) is 3.65. The van der Waals surface area contributed by atoms with Crippen molar-refractivity contribution in [3.8, 4) is 0 Å². The highest BCUT2D eigenvalue weighted by molar-refractivity contribution is 6.24. The molecule has 0 fully saturated rings. The Bertz CT molecular complexity index is 492. The monoisotopic (exact) mass is 416 g/mol. The molecule has 3 atom stereocenters. The second kappa shape index (κ2) is 15.5. The SMILES string of the molecule is CCCCCCCCC(O)C(=O)C(C(=O)O)(C(=O)CO)C(O)CCCCCCC. The Morgan fingerprint density at radius 3 is 1.66 bits per heavy atom. The first kappa shape index (κ1) is 27.7. The van der Waals surface area contributed by atoms with Crippen LogP contribution in [0.4, 0.5) is 0 Å². The van der Waals surface area contributed by atoms with E-state index in [0.29, 0.717) is 12.8 Å². The molecule has 0 saturated carbocycles. The van der Waals surface area contributed by atoms with E-state index in [1.54, 1.807) is 0 Å². The first-order chi connectivity index (χ1) is 13.8. The minimum atomic E-state index is -2.82. The van der Waals surface area contributed by atoms with Gasteiger partial charge >= 0.3 is 5.97 Å². The molecule has 7 nitrogen and oxygen atoms in total. The molecule has 0 aromatic carbocycles. The van der Waals surface area contributed by atoms with E-state index in [1.807, 2.05) is 6.92 Å². The molecular weight excluding hydrogens is 376 g/mol. The molecule has 4 N–H and O–H groups in total. The summed E-state index contributed by atoms with van der Waals surface area (Å²) in [4.78, 5) is 37.1. The van der Waals surface area contributed by atoms with Crippen molar-refractivity contribution in [1.29, 1.82) is 0 Å². The molecule has 0 aromatic rings. The van der Waals surface area contributed by atoms with Crippen LogP contribution in [-0.4, -0.2) is 56.8 Å². The van der Waals surface area contributed by atoms with Gasteiger partial charge in [-0.05, 0) is 12.8 Å². The van der Waals surface area contributed by atoms with Gasteiger partial charge in [0.25, 0.3) is 0 Å². The fourth-order valence-electron chi connectivity index (χ4n) is 3.65. The second-order valence-corrected chi connectivity index (χ2v) is 7.85. The minimum Gasteiger partial charge on any atom is -0.480 e. The van der Waals surface area contributed by atoms with Crippen LogP contribution in [0.25, 0.3) is 0 Å². The number of ketones is 2. The number of hydrogen-bond donors (Lipinski definition) is 4. The van der Waals surface area contributed by atoms with Crippen molar-refractivity contribution in [3.63, 3.8) is 0 Å². The van der Waals surface area contributed by atoms with E-state index in [-0.39, 0.29) is 12.8 Å². The standard InChI is InChI=1S/C22H40O7/c1-3-5-7-9-11-12-14-17(24)20(27)22(21(28)29,19(26)16-23)18(25)15-13-10-8-6-4-2/h17-18,23-25H,3-16H2,1-2H3,(H,28,29). The van der Waals surface area contributed by atoms with Gasteiger partial charge in [0.05, 0.1) is 6.10 Å². The van der Waals surface area contributed by atoms with E-state index >= 15 is 0 Å². The van der Waals surface area contributed by atoms with Gasteiger partial charge in [-0.3, -0.25) is 14.4 Å². The number of carboxylic acids is 1. The number of carbonyl (C=O) groups excluding carboxylic acids is 2. The van der Waals surface area contributed by atoms with Crippen LogP contribution in [0.1, 0.15) is 97.3 Å². The van der Waals surface area contributed by atoms with Crippen molar-refractivity contribution < 1.29 is 34.8 Å². The van der Waals surface area contributed by atoms with Gasteiger partial charge in [-0.25, -0.2) is 0 Å². The Labute approximate surface area is 174 Å². The van der Waals surface area contributed by atoms with Crippen molar-refractivity contribution in [2.45, 2.75) is 110 Å². The number of carbonyl (C=O) groups is 3. The zero-order valence-electron chi connectivity index (χ0n) is 18.1. The van der Waals surface area contributed by atoms with Crippen molar-refractivity contribution in [3.05, 3.63) is 0 Å². The maximum absolute atomic E-state index is 12.8. The zero-order valence-corrected chi connectivity index (χ0v) is 18.1. The van der Waals surface area contributed by atoms with Crippen LogP contribution in [0.3, 0.4) is 0 Å². The van der Waals surface area contributed by atoms with E-state index in [1.165, 1.54) is 0 Å². The van der Waals surface area contributed by atoms with Crippen molar-refractivity contribution >= 4 is 17.5 Å². The third-order valence-corrected chi connectivity index (χ3v) is 5.52. The first-order valence-electron chi connectivity index (χ1n) is 11.1. The summed E-state index contributed by atoms with van der Waals surface area (Å²) >= 11 is 0. The molecule has 0 radical (unpaired) electrons. The van der Waals surface area contributed by atoms with E-state index in [0.717, 1.165) is 57.8 Å². The van der Waals surface area contributed by atoms with Crippen LogP contribution in [0, 0.1) is 5.41 Å². The fraction of sp³-hybridized carbons (Fsp3) is 0.864. The van der Waals surface area contributed by atoms with Crippen LogP contribution in [0.5, 0.6) is 0 Å². The third kappa shape index (κ3) is 8.52. The molecule has 0 aliphatic rings. The number of carboxylic acid groups (broad SMARTS) is 1. The molecule has 0 aliphatic heterocycles. The maximum Gasteiger partial charge on any atom is 0.327 e. The lowest BCUT2D eigenvalue weighted by atomic mass is 9.70. The van der Waals surface area contributed by atoms with E-state index in [9.17, 15) is 34.8 Å². The molecule has 0 amide bonds. The number of aliphatic carboxylic acids is 1. The van der Waals surface area contributed by atoms with E-state index in [2.05, 4.69) is 6.92 Å². The number of Topliss-reactive ketones (excluding diaryl/α,β-unsaturated/α-hetero) is 2. The highest BCUT2D eigenvalue weighted by Crippen LogP contribution is 2.32. The van der Waals surface area contributed by atoms with Gasteiger partial charge in [0.15, 0.2) is 11.6 Å². The highest BCUT2D eigenvalue weighted by Gasteiger charge is 2.58. The number of hydrogen-bond acceptors (Lipinski definition) is 6. The maximum atomic E-state index is 12.8. The van der Waals surface area contributed by atoms with Gasteiger partial charge in [-0.2, -0.15) is 0 Å². The molecule has 0 bridgehead atoms. The summed E-state index contributed by atoms with van der Waals surface area (Å²) in [6.07, 6.45) is 6.18. The lowest BCUT2D eigenvalue weighted by molar-refractivity contribution is -0.173. The van der Waals surface area contributed by atoms with Gasteiger partial charge in [0, 0.05) is 0 Å². The van der Waals surface area contributed by atoms with Crippen LogP contribution in [-0.2, 0) is 14.4 Å². The molecule has 0 saturated heterocycles. The summed E-state index contributed by atoms with van der Waals surface area (Å²) < 4.78 is 0. The van der Waals surface area contributed by atoms with Crippen molar-refractivity contribution in [2.75, 3.05) is 6.61 Å². The second-order valence-electron chi connectivity index (χ2n) is 7.85. The molecule has 0 heterocycles. The molecule has 3 unspecified atom stereocenters.